The zero-order valence-electron chi connectivity index (χ0n) is 9.93. The van der Waals surface area contributed by atoms with E-state index < -0.39 is 0 Å². The number of nitrogens with zero attached hydrogens (tertiary/aromatic N) is 1. The van der Waals surface area contributed by atoms with Crippen molar-refractivity contribution in [3.8, 4) is 0 Å². The van der Waals surface area contributed by atoms with Gasteiger partial charge in [-0.1, -0.05) is 25.0 Å². The molecule has 1 amide bonds. The number of benzene rings is 1. The van der Waals surface area contributed by atoms with Gasteiger partial charge in [-0.05, 0) is 25.0 Å². The number of hydrogen-bond donors (Lipinski definition) is 2. The van der Waals surface area contributed by atoms with E-state index in [0.717, 1.165) is 18.5 Å². The van der Waals surface area contributed by atoms with Crippen LogP contribution in [0.2, 0.25) is 0 Å². The van der Waals surface area contributed by atoms with Gasteiger partial charge in [0.05, 0.1) is 17.9 Å². The summed E-state index contributed by atoms with van der Waals surface area (Å²) in [6, 6.07) is 8.05. The molecule has 0 atom stereocenters. The molecule has 4 N–H and O–H groups in total. The Hall–Kier alpha value is -1.71. The first kappa shape index (κ1) is 11.8. The number of carbonyl (C=O) groups is 1. The van der Waals surface area contributed by atoms with Gasteiger partial charge >= 0.3 is 0 Å². The van der Waals surface area contributed by atoms with Gasteiger partial charge in [-0.25, -0.2) is 0 Å². The van der Waals surface area contributed by atoms with Crippen LogP contribution in [0.25, 0.3) is 0 Å². The Morgan fingerprint density at radius 1 is 1.29 bits per heavy atom. The highest BCUT2D eigenvalue weighted by atomic mass is 16.1. The third kappa shape index (κ3) is 2.70. The van der Waals surface area contributed by atoms with Gasteiger partial charge in [0.2, 0.25) is 5.91 Å². The minimum Gasteiger partial charge on any atom is -0.397 e. The van der Waals surface area contributed by atoms with Gasteiger partial charge in [-0.15, -0.1) is 0 Å². The van der Waals surface area contributed by atoms with Crippen LogP contribution in [0.15, 0.2) is 24.3 Å². The lowest BCUT2D eigenvalue weighted by atomic mass is 10.1. The van der Waals surface area contributed by atoms with E-state index in [1.165, 1.54) is 12.8 Å². The zero-order valence-corrected chi connectivity index (χ0v) is 9.93. The van der Waals surface area contributed by atoms with E-state index >= 15 is 0 Å². The quantitative estimate of drug-likeness (QED) is 0.774. The van der Waals surface area contributed by atoms with E-state index in [9.17, 15) is 4.79 Å². The summed E-state index contributed by atoms with van der Waals surface area (Å²) in [5.41, 5.74) is 12.9. The highest BCUT2D eigenvalue weighted by Crippen LogP contribution is 2.31. The third-order valence-corrected chi connectivity index (χ3v) is 3.34. The molecule has 1 saturated carbocycles. The number of hydrogen-bond acceptors (Lipinski definition) is 3. The average Bonchev–Trinajstić information content (AvgIpc) is 2.80. The number of nitrogen functional groups attached to an aromatic ring is 1. The molecule has 1 aliphatic rings. The summed E-state index contributed by atoms with van der Waals surface area (Å²) in [5, 5.41) is 0. The molecule has 92 valence electrons. The van der Waals surface area contributed by atoms with Crippen LogP contribution in [0, 0.1) is 0 Å². The lowest BCUT2D eigenvalue weighted by Gasteiger charge is -2.30. The maximum absolute atomic E-state index is 11.2. The van der Waals surface area contributed by atoms with Crippen LogP contribution in [-0.4, -0.2) is 18.5 Å². The fourth-order valence-corrected chi connectivity index (χ4v) is 2.54. The molecule has 1 aromatic carbocycles. The molecule has 0 heterocycles. The number of carbonyl (C=O) groups excluding carboxylic acids is 1. The standard InChI is InChI=1S/C13H19N3O/c14-11-7-3-4-8-12(11)16(9-13(15)17)10-5-1-2-6-10/h3-4,7-8,10H,1-2,5-6,9,14H2,(H2,15,17). The molecule has 0 aliphatic heterocycles. The Morgan fingerprint density at radius 3 is 2.53 bits per heavy atom. The lowest BCUT2D eigenvalue weighted by molar-refractivity contribution is -0.116. The van der Waals surface area contributed by atoms with Crippen molar-refractivity contribution in [2.24, 2.45) is 5.73 Å². The van der Waals surface area contributed by atoms with E-state index in [4.69, 9.17) is 11.5 Å². The number of primary amides is 1. The van der Waals surface area contributed by atoms with Crippen LogP contribution in [0.5, 0.6) is 0 Å². The van der Waals surface area contributed by atoms with Gasteiger partial charge in [-0.3, -0.25) is 4.79 Å². The van der Waals surface area contributed by atoms with Gasteiger partial charge in [0.1, 0.15) is 0 Å². The first-order valence-electron chi connectivity index (χ1n) is 6.08. The molecule has 1 fully saturated rings. The lowest BCUT2D eigenvalue weighted by Crippen LogP contribution is -2.40. The molecule has 0 bridgehead atoms. The molecule has 0 saturated heterocycles. The molecule has 0 aromatic heterocycles. The van der Waals surface area contributed by atoms with E-state index in [2.05, 4.69) is 4.90 Å². The van der Waals surface area contributed by atoms with Crippen molar-refractivity contribution in [3.05, 3.63) is 24.3 Å². The third-order valence-electron chi connectivity index (χ3n) is 3.34. The van der Waals surface area contributed by atoms with Gasteiger partial charge in [0.25, 0.3) is 0 Å². The molecule has 4 heteroatoms. The van der Waals surface area contributed by atoms with Gasteiger partial charge in [0.15, 0.2) is 0 Å². The highest BCUT2D eigenvalue weighted by Gasteiger charge is 2.25. The van der Waals surface area contributed by atoms with Gasteiger partial charge < -0.3 is 16.4 Å². The van der Waals surface area contributed by atoms with Crippen LogP contribution in [0.3, 0.4) is 0 Å². The summed E-state index contributed by atoms with van der Waals surface area (Å²) in [7, 11) is 0. The van der Waals surface area contributed by atoms with Crippen LogP contribution < -0.4 is 16.4 Å². The van der Waals surface area contributed by atoms with Crippen molar-refractivity contribution in [1.82, 2.24) is 0 Å². The van der Waals surface area contributed by atoms with Crippen molar-refractivity contribution in [3.63, 3.8) is 0 Å². The van der Waals surface area contributed by atoms with Crippen molar-refractivity contribution in [2.45, 2.75) is 31.7 Å². The molecular weight excluding hydrogens is 214 g/mol. The minimum absolute atomic E-state index is 0.249. The zero-order chi connectivity index (χ0) is 12.3. The van der Waals surface area contributed by atoms with Crippen LogP contribution in [-0.2, 0) is 4.79 Å². The molecule has 17 heavy (non-hydrogen) atoms. The summed E-state index contributed by atoms with van der Waals surface area (Å²) >= 11 is 0. The smallest absolute Gasteiger partial charge is 0.236 e. The highest BCUT2D eigenvalue weighted by molar-refractivity contribution is 5.81. The second-order valence-electron chi connectivity index (χ2n) is 4.59. The molecule has 0 unspecified atom stereocenters. The minimum atomic E-state index is -0.305. The maximum atomic E-state index is 11.2. The fraction of sp³-hybridized carbons (Fsp3) is 0.462. The van der Waals surface area contributed by atoms with E-state index in [1.807, 2.05) is 24.3 Å². The first-order chi connectivity index (χ1) is 8.18. The Morgan fingerprint density at radius 2 is 1.94 bits per heavy atom. The monoisotopic (exact) mass is 233 g/mol. The maximum Gasteiger partial charge on any atom is 0.236 e. The van der Waals surface area contributed by atoms with Crippen LogP contribution in [0.1, 0.15) is 25.7 Å². The van der Waals surface area contributed by atoms with Crippen molar-refractivity contribution < 1.29 is 4.79 Å². The Labute approximate surface area is 102 Å². The van der Waals surface area contributed by atoms with E-state index in [1.54, 1.807) is 0 Å². The second kappa shape index (κ2) is 5.08. The molecule has 0 spiro atoms. The Kier molecular flexibility index (Phi) is 3.52. The molecule has 0 radical (unpaired) electrons. The normalized spacial score (nSPS) is 16.0. The predicted octanol–water partition coefficient (Wildman–Crippen LogP) is 1.50. The first-order valence-corrected chi connectivity index (χ1v) is 6.08. The summed E-state index contributed by atoms with van der Waals surface area (Å²) in [5.74, 6) is -0.305. The SMILES string of the molecule is NC(=O)CN(c1ccccc1N)C1CCCC1. The van der Waals surface area contributed by atoms with Crippen molar-refractivity contribution >= 4 is 17.3 Å². The number of rotatable bonds is 4. The molecule has 4 nitrogen and oxygen atoms in total. The van der Waals surface area contributed by atoms with Crippen LogP contribution >= 0.6 is 0 Å². The number of nitrogens with two attached hydrogens (primary N) is 2. The summed E-state index contributed by atoms with van der Waals surface area (Å²) in [6.45, 7) is 0.249. The molecule has 1 aromatic rings. The molecular formula is C13H19N3O. The Balaban J connectivity index is 2.25. The van der Waals surface area contributed by atoms with Crippen LogP contribution in [0.4, 0.5) is 11.4 Å². The summed E-state index contributed by atoms with van der Waals surface area (Å²) in [4.78, 5) is 13.3. The summed E-state index contributed by atoms with van der Waals surface area (Å²) < 4.78 is 0. The Bertz CT molecular complexity index is 399. The topological polar surface area (TPSA) is 72.4 Å². The van der Waals surface area contributed by atoms with Crippen molar-refractivity contribution in [2.75, 3.05) is 17.2 Å². The predicted molar refractivity (Wildman–Crippen MR) is 69.7 cm³/mol. The fourth-order valence-electron chi connectivity index (χ4n) is 2.54. The second-order valence-corrected chi connectivity index (χ2v) is 4.59. The van der Waals surface area contributed by atoms with Gasteiger partial charge in [-0.2, -0.15) is 0 Å². The number of para-hydroxylation sites is 2. The average molecular weight is 233 g/mol. The van der Waals surface area contributed by atoms with Crippen molar-refractivity contribution in [1.29, 1.82) is 0 Å². The number of amides is 1. The molecule has 2 rings (SSSR count). The number of anilines is 2. The summed E-state index contributed by atoms with van der Waals surface area (Å²) in [6.07, 6.45) is 4.66. The molecule has 1 aliphatic carbocycles. The van der Waals surface area contributed by atoms with E-state index in [-0.39, 0.29) is 12.5 Å². The largest absolute Gasteiger partial charge is 0.397 e. The van der Waals surface area contributed by atoms with E-state index in [0.29, 0.717) is 11.7 Å². The van der Waals surface area contributed by atoms with Gasteiger partial charge in [0, 0.05) is 6.04 Å².